The van der Waals surface area contributed by atoms with E-state index in [1.165, 1.54) is 12.1 Å². The number of sulfonamides is 1. The average molecular weight is 402 g/mol. The quantitative estimate of drug-likeness (QED) is 0.726. The van der Waals surface area contributed by atoms with Gasteiger partial charge < -0.3 is 5.32 Å². The average Bonchev–Trinajstić information content (AvgIpc) is 2.87. The number of nitrogens with one attached hydrogen (secondary N) is 1. The van der Waals surface area contributed by atoms with Crippen LogP contribution in [0.15, 0.2) is 59.5 Å². The molecule has 0 saturated carbocycles. The predicted octanol–water partition coefficient (Wildman–Crippen LogP) is 3.50. The molecule has 28 heavy (non-hydrogen) atoms. The molecule has 0 saturated heterocycles. The minimum absolute atomic E-state index is 0.169. The molecule has 1 heterocycles. The van der Waals surface area contributed by atoms with E-state index in [-0.39, 0.29) is 4.90 Å². The third kappa shape index (κ3) is 2.90. The van der Waals surface area contributed by atoms with Crippen LogP contribution in [0.25, 0.3) is 10.8 Å². The lowest BCUT2D eigenvalue weighted by atomic mass is 10.1. The van der Waals surface area contributed by atoms with E-state index < -0.39 is 40.2 Å². The lowest BCUT2D eigenvalue weighted by Crippen LogP contribution is -2.39. The van der Waals surface area contributed by atoms with Crippen molar-refractivity contribution in [2.24, 2.45) is 0 Å². The predicted molar refractivity (Wildman–Crippen MR) is 101 cm³/mol. The van der Waals surface area contributed by atoms with Gasteiger partial charge >= 0.3 is 0 Å². The van der Waals surface area contributed by atoms with Crippen LogP contribution in [-0.4, -0.2) is 20.9 Å². The molecule has 5 nitrogen and oxygen atoms in total. The first-order valence-corrected chi connectivity index (χ1v) is 10.0. The Hall–Kier alpha value is -3.00. The van der Waals surface area contributed by atoms with Crippen molar-refractivity contribution in [1.29, 1.82) is 0 Å². The van der Waals surface area contributed by atoms with Gasteiger partial charge in [-0.05, 0) is 42.1 Å². The van der Waals surface area contributed by atoms with Crippen LogP contribution in [0.2, 0.25) is 0 Å². The molecule has 1 aliphatic heterocycles. The Kier molecular flexibility index (Phi) is 4.30. The maximum absolute atomic E-state index is 13.4. The topological polar surface area (TPSA) is 66.5 Å². The molecule has 0 spiro atoms. The number of amides is 1. The van der Waals surface area contributed by atoms with Gasteiger partial charge in [-0.1, -0.05) is 30.3 Å². The maximum atomic E-state index is 13.4. The molecule has 1 atom stereocenters. The van der Waals surface area contributed by atoms with Crippen LogP contribution < -0.4 is 9.62 Å². The van der Waals surface area contributed by atoms with E-state index in [9.17, 15) is 22.0 Å². The molecule has 144 valence electrons. The van der Waals surface area contributed by atoms with Crippen molar-refractivity contribution >= 4 is 32.4 Å². The first kappa shape index (κ1) is 18.4. The van der Waals surface area contributed by atoms with Gasteiger partial charge in [0.15, 0.2) is 11.6 Å². The Morgan fingerprint density at radius 2 is 1.79 bits per heavy atom. The molecule has 0 aromatic heterocycles. The fraction of sp³-hybridized carbons (Fsp3) is 0.150. The molecule has 0 fully saturated rings. The van der Waals surface area contributed by atoms with E-state index in [1.807, 2.05) is 12.1 Å². The molecule has 1 aliphatic rings. The first-order valence-electron chi connectivity index (χ1n) is 8.58. The van der Waals surface area contributed by atoms with Gasteiger partial charge in [0.25, 0.3) is 10.0 Å². The Labute approximate surface area is 160 Å². The Balaban J connectivity index is 1.58. The molecular formula is C20H16F2N2O3S. The summed E-state index contributed by atoms with van der Waals surface area (Å²) in [6.45, 7) is 1.20. The van der Waals surface area contributed by atoms with Crippen LogP contribution in [0.5, 0.6) is 0 Å². The second kappa shape index (κ2) is 6.56. The third-order valence-corrected chi connectivity index (χ3v) is 6.59. The highest BCUT2D eigenvalue weighted by Crippen LogP contribution is 2.41. The van der Waals surface area contributed by atoms with E-state index in [2.05, 4.69) is 5.32 Å². The number of benzene rings is 3. The minimum atomic E-state index is -3.84. The molecule has 3 aromatic carbocycles. The summed E-state index contributed by atoms with van der Waals surface area (Å²) in [7, 11) is -3.84. The summed E-state index contributed by atoms with van der Waals surface area (Å²) < 4.78 is 53.3. The summed E-state index contributed by atoms with van der Waals surface area (Å²) in [6.07, 6.45) is 0. The minimum Gasteiger partial charge on any atom is -0.348 e. The van der Waals surface area contributed by atoms with Gasteiger partial charge in [-0.3, -0.25) is 9.10 Å². The van der Waals surface area contributed by atoms with E-state index in [1.54, 1.807) is 25.1 Å². The summed E-state index contributed by atoms with van der Waals surface area (Å²) in [5.41, 5.74) is 0.825. The van der Waals surface area contributed by atoms with Crippen molar-refractivity contribution in [2.45, 2.75) is 17.9 Å². The molecule has 1 N–H and O–H groups in total. The monoisotopic (exact) mass is 402 g/mol. The van der Waals surface area contributed by atoms with Gasteiger partial charge in [0.2, 0.25) is 5.91 Å². The molecule has 0 radical (unpaired) electrons. The van der Waals surface area contributed by atoms with E-state index in [0.29, 0.717) is 16.6 Å². The second-order valence-corrected chi connectivity index (χ2v) is 8.44. The SMILES string of the molecule is C[C@H](NC(=O)CN1c2cccc3cccc(c23)S1(=O)=O)c1ccc(F)c(F)c1. The lowest BCUT2D eigenvalue weighted by Gasteiger charge is -2.20. The van der Waals surface area contributed by atoms with Gasteiger partial charge in [-0.15, -0.1) is 0 Å². The first-order chi connectivity index (χ1) is 13.3. The summed E-state index contributed by atoms with van der Waals surface area (Å²) in [5, 5.41) is 4.00. The van der Waals surface area contributed by atoms with E-state index in [4.69, 9.17) is 0 Å². The van der Waals surface area contributed by atoms with Crippen molar-refractivity contribution < 1.29 is 22.0 Å². The molecular weight excluding hydrogens is 386 g/mol. The van der Waals surface area contributed by atoms with Crippen molar-refractivity contribution in [3.8, 4) is 0 Å². The van der Waals surface area contributed by atoms with Crippen LogP contribution in [0.1, 0.15) is 18.5 Å². The number of halogens is 2. The molecule has 1 amide bonds. The summed E-state index contributed by atoms with van der Waals surface area (Å²) in [5.74, 6) is -2.54. The standard InChI is InChI=1S/C20H16F2N2O3S/c1-12(14-8-9-15(21)16(22)10-14)23-19(25)11-24-17-6-2-4-13-5-3-7-18(20(13)17)28(24,26)27/h2-10,12H,11H2,1H3,(H,23,25)/t12-/m0/s1. The largest absolute Gasteiger partial charge is 0.348 e. The normalized spacial score (nSPS) is 15.6. The zero-order valence-corrected chi connectivity index (χ0v) is 15.6. The lowest BCUT2D eigenvalue weighted by molar-refractivity contribution is -0.120. The number of carbonyl (C=O) groups is 1. The van der Waals surface area contributed by atoms with Gasteiger partial charge in [0, 0.05) is 5.39 Å². The molecule has 0 bridgehead atoms. The van der Waals surface area contributed by atoms with Gasteiger partial charge in [-0.2, -0.15) is 0 Å². The zero-order valence-electron chi connectivity index (χ0n) is 14.8. The molecule has 4 rings (SSSR count). The van der Waals surface area contributed by atoms with Crippen LogP contribution >= 0.6 is 0 Å². The highest BCUT2D eigenvalue weighted by Gasteiger charge is 2.36. The highest BCUT2D eigenvalue weighted by molar-refractivity contribution is 7.93. The zero-order chi connectivity index (χ0) is 20.1. The summed E-state index contributed by atoms with van der Waals surface area (Å²) >= 11 is 0. The van der Waals surface area contributed by atoms with Crippen molar-refractivity contribution in [2.75, 3.05) is 10.8 Å². The molecule has 0 aliphatic carbocycles. The fourth-order valence-electron chi connectivity index (χ4n) is 3.41. The smallest absolute Gasteiger partial charge is 0.265 e. The summed E-state index contributed by atoms with van der Waals surface area (Å²) in [4.78, 5) is 12.7. The maximum Gasteiger partial charge on any atom is 0.265 e. The summed E-state index contributed by atoms with van der Waals surface area (Å²) in [6, 6.07) is 12.9. The van der Waals surface area contributed by atoms with Crippen molar-refractivity contribution in [3.63, 3.8) is 0 Å². The van der Waals surface area contributed by atoms with Crippen molar-refractivity contribution in [1.82, 2.24) is 5.32 Å². The van der Waals surface area contributed by atoms with Gasteiger partial charge in [-0.25, -0.2) is 17.2 Å². The molecule has 8 heteroatoms. The van der Waals surface area contributed by atoms with Crippen LogP contribution in [0, 0.1) is 11.6 Å². The molecule has 0 unspecified atom stereocenters. The molecule has 3 aromatic rings. The van der Waals surface area contributed by atoms with E-state index in [0.717, 1.165) is 21.8 Å². The Morgan fingerprint density at radius 1 is 1.07 bits per heavy atom. The van der Waals surface area contributed by atoms with Crippen LogP contribution in [-0.2, 0) is 14.8 Å². The number of nitrogens with zero attached hydrogens (tertiary/aromatic N) is 1. The highest BCUT2D eigenvalue weighted by atomic mass is 32.2. The second-order valence-electron chi connectivity index (χ2n) is 6.61. The number of hydrogen-bond acceptors (Lipinski definition) is 3. The van der Waals surface area contributed by atoms with E-state index >= 15 is 0 Å². The number of hydrogen-bond donors (Lipinski definition) is 1. The Bertz CT molecular complexity index is 1210. The Morgan fingerprint density at radius 3 is 2.50 bits per heavy atom. The number of rotatable bonds is 4. The fourth-order valence-corrected chi connectivity index (χ4v) is 5.08. The van der Waals surface area contributed by atoms with Crippen molar-refractivity contribution in [3.05, 3.63) is 71.8 Å². The third-order valence-electron chi connectivity index (χ3n) is 4.79. The number of anilines is 1. The van der Waals surface area contributed by atoms with Crippen LogP contribution in [0.3, 0.4) is 0 Å². The van der Waals surface area contributed by atoms with Gasteiger partial charge in [0.1, 0.15) is 6.54 Å². The van der Waals surface area contributed by atoms with Gasteiger partial charge in [0.05, 0.1) is 16.6 Å². The number of carbonyl (C=O) groups excluding carboxylic acids is 1. The van der Waals surface area contributed by atoms with Crippen LogP contribution in [0.4, 0.5) is 14.5 Å².